The number of carbonyl (C=O) groups excluding carboxylic acids is 1. The van der Waals surface area contributed by atoms with Crippen molar-refractivity contribution in [1.29, 1.82) is 0 Å². The van der Waals surface area contributed by atoms with Crippen LogP contribution >= 0.6 is 0 Å². The molecular weight excluding hydrogens is 434 g/mol. The molecule has 1 aliphatic carbocycles. The summed E-state index contributed by atoms with van der Waals surface area (Å²) in [6, 6.07) is 3.41. The number of nitrogens with one attached hydrogen (secondary N) is 1. The Balaban J connectivity index is 1.79. The Hall–Kier alpha value is -2.13. The zero-order chi connectivity index (χ0) is 24.6. The summed E-state index contributed by atoms with van der Waals surface area (Å²) in [5.74, 6) is 0.112. The molecule has 8 nitrogen and oxygen atoms in total. The van der Waals surface area contributed by atoms with Crippen LogP contribution in [0.2, 0.25) is 0 Å². The number of ether oxygens (including phenoxy) is 1. The van der Waals surface area contributed by atoms with E-state index in [2.05, 4.69) is 22.4 Å². The van der Waals surface area contributed by atoms with E-state index < -0.39 is 40.6 Å². The molecule has 0 radical (unpaired) electrons. The van der Waals surface area contributed by atoms with E-state index in [-0.39, 0.29) is 12.6 Å². The average molecular weight is 472 g/mol. The third-order valence-electron chi connectivity index (χ3n) is 9.09. The fraction of sp³-hybridized carbons (Fsp3) is 0.654. The first kappa shape index (κ1) is 23.6. The summed E-state index contributed by atoms with van der Waals surface area (Å²) < 4.78 is 5.61. The summed E-state index contributed by atoms with van der Waals surface area (Å²) in [6.45, 7) is 7.23. The van der Waals surface area contributed by atoms with Crippen LogP contribution in [0.1, 0.15) is 37.8 Å². The molecule has 1 saturated heterocycles. The number of aliphatic hydroxyl groups is 3. The Labute approximate surface area is 201 Å². The van der Waals surface area contributed by atoms with E-state index in [1.54, 1.807) is 14.0 Å². The van der Waals surface area contributed by atoms with E-state index in [1.807, 2.05) is 37.9 Å². The fourth-order valence-corrected chi connectivity index (χ4v) is 7.82. The molecule has 4 N–H and O–H groups in total. The van der Waals surface area contributed by atoms with Gasteiger partial charge in [0.2, 0.25) is 0 Å². The summed E-state index contributed by atoms with van der Waals surface area (Å²) in [6.07, 6.45) is 3.38. The molecule has 4 aliphatic rings. The maximum absolute atomic E-state index is 13.7. The summed E-state index contributed by atoms with van der Waals surface area (Å²) in [5.41, 5.74) is -0.410. The van der Waals surface area contributed by atoms with Gasteiger partial charge in [-0.2, -0.15) is 0 Å². The lowest BCUT2D eigenvalue weighted by molar-refractivity contribution is -0.203. The lowest BCUT2D eigenvalue weighted by Crippen LogP contribution is -2.81. The molecule has 8 heteroatoms. The van der Waals surface area contributed by atoms with Gasteiger partial charge in [0.15, 0.2) is 5.60 Å². The first-order valence-corrected chi connectivity index (χ1v) is 12.3. The van der Waals surface area contributed by atoms with Crippen LogP contribution in [0, 0.1) is 12.3 Å². The molecule has 1 aromatic carbocycles. The molecule has 1 spiro atoms. The molecule has 1 saturated carbocycles. The third-order valence-corrected chi connectivity index (χ3v) is 9.09. The van der Waals surface area contributed by atoms with Gasteiger partial charge in [0.1, 0.15) is 11.9 Å². The number of aryl methyl sites for hydroxylation is 1. The Bertz CT molecular complexity index is 1040. The SMILES string of the molecule is CC[C@]12C=CCN3CCC4(c5cc(C)c(OC)cc5N(C)C4[C@@](O)(C(=O)NCC(C)O)[C@@H]1O)C32. The van der Waals surface area contributed by atoms with Crippen molar-refractivity contribution in [1.82, 2.24) is 10.2 Å². The van der Waals surface area contributed by atoms with Gasteiger partial charge in [-0.1, -0.05) is 19.1 Å². The van der Waals surface area contributed by atoms with Gasteiger partial charge in [-0.15, -0.1) is 0 Å². The smallest absolute Gasteiger partial charge is 0.257 e. The van der Waals surface area contributed by atoms with E-state index in [0.29, 0.717) is 6.42 Å². The van der Waals surface area contributed by atoms with Crippen molar-refractivity contribution in [2.45, 2.75) is 68.9 Å². The largest absolute Gasteiger partial charge is 0.496 e. The molecule has 186 valence electrons. The molecule has 7 atom stereocenters. The van der Waals surface area contributed by atoms with Crippen LogP contribution in [0.15, 0.2) is 24.3 Å². The first-order valence-electron chi connectivity index (χ1n) is 12.3. The van der Waals surface area contributed by atoms with Crippen LogP contribution in [0.3, 0.4) is 0 Å². The maximum Gasteiger partial charge on any atom is 0.257 e. The monoisotopic (exact) mass is 471 g/mol. The number of amides is 1. The Morgan fingerprint density at radius 2 is 2.09 bits per heavy atom. The van der Waals surface area contributed by atoms with Gasteiger partial charge >= 0.3 is 0 Å². The molecule has 1 aromatic rings. The third kappa shape index (κ3) is 2.65. The van der Waals surface area contributed by atoms with Crippen LogP contribution in [0.25, 0.3) is 0 Å². The molecule has 3 heterocycles. The Kier molecular flexibility index (Phi) is 5.33. The Morgan fingerprint density at radius 3 is 2.74 bits per heavy atom. The molecular formula is C26H37N3O5. The van der Waals surface area contributed by atoms with Gasteiger partial charge in [0, 0.05) is 48.8 Å². The molecule has 3 aliphatic heterocycles. The van der Waals surface area contributed by atoms with E-state index in [4.69, 9.17) is 4.74 Å². The number of carbonyl (C=O) groups is 1. The second kappa shape index (κ2) is 7.68. The molecule has 2 fully saturated rings. The van der Waals surface area contributed by atoms with E-state index in [9.17, 15) is 20.1 Å². The van der Waals surface area contributed by atoms with Crippen molar-refractivity contribution in [2.24, 2.45) is 5.41 Å². The number of hydrogen-bond donors (Lipinski definition) is 4. The van der Waals surface area contributed by atoms with Gasteiger partial charge in [-0.25, -0.2) is 0 Å². The number of benzene rings is 1. The van der Waals surface area contributed by atoms with Crippen LogP contribution in [-0.4, -0.2) is 89.8 Å². The highest BCUT2D eigenvalue weighted by Gasteiger charge is 2.78. The predicted molar refractivity (Wildman–Crippen MR) is 129 cm³/mol. The number of likely N-dealkylation sites (N-methyl/N-ethyl adjacent to an activating group) is 1. The van der Waals surface area contributed by atoms with Crippen molar-refractivity contribution in [3.8, 4) is 5.75 Å². The molecule has 1 amide bonds. The zero-order valence-electron chi connectivity index (χ0n) is 20.7. The number of anilines is 1. The number of nitrogens with zero attached hydrogens (tertiary/aromatic N) is 2. The number of rotatable bonds is 5. The van der Waals surface area contributed by atoms with Crippen LogP contribution in [0.5, 0.6) is 5.75 Å². The van der Waals surface area contributed by atoms with Crippen LogP contribution in [0.4, 0.5) is 5.69 Å². The highest BCUT2D eigenvalue weighted by Crippen LogP contribution is 2.66. The molecule has 5 rings (SSSR count). The van der Waals surface area contributed by atoms with Crippen molar-refractivity contribution in [3.05, 3.63) is 35.4 Å². The number of aliphatic hydroxyl groups excluding tert-OH is 2. The van der Waals surface area contributed by atoms with Crippen LogP contribution in [-0.2, 0) is 10.2 Å². The average Bonchev–Trinajstić information content (AvgIpc) is 3.32. The van der Waals surface area contributed by atoms with Crippen LogP contribution < -0.4 is 15.0 Å². The molecule has 0 aromatic heterocycles. The van der Waals surface area contributed by atoms with Gasteiger partial charge in [-0.05, 0) is 50.4 Å². The summed E-state index contributed by atoms with van der Waals surface area (Å²) in [7, 11) is 3.54. The van der Waals surface area contributed by atoms with Crippen molar-refractivity contribution in [2.75, 3.05) is 38.7 Å². The van der Waals surface area contributed by atoms with E-state index >= 15 is 0 Å². The van der Waals surface area contributed by atoms with Crippen molar-refractivity contribution < 1.29 is 24.9 Å². The summed E-state index contributed by atoms with van der Waals surface area (Å²) in [5, 5.41) is 36.9. The molecule has 4 unspecified atom stereocenters. The van der Waals surface area contributed by atoms with Gasteiger partial charge in [0.05, 0.1) is 19.3 Å². The predicted octanol–water partition coefficient (Wildman–Crippen LogP) is 0.703. The van der Waals surface area contributed by atoms with Gasteiger partial charge in [0.25, 0.3) is 5.91 Å². The lowest BCUT2D eigenvalue weighted by atomic mass is 9.47. The van der Waals surface area contributed by atoms with E-state index in [0.717, 1.165) is 42.1 Å². The summed E-state index contributed by atoms with van der Waals surface area (Å²) >= 11 is 0. The first-order chi connectivity index (χ1) is 16.1. The Morgan fingerprint density at radius 1 is 1.35 bits per heavy atom. The number of methoxy groups -OCH3 is 1. The quantitative estimate of drug-likeness (QED) is 0.469. The van der Waals surface area contributed by atoms with Crippen molar-refractivity contribution in [3.63, 3.8) is 0 Å². The lowest BCUT2D eigenvalue weighted by Gasteiger charge is -2.63. The highest BCUT2D eigenvalue weighted by atomic mass is 16.5. The standard InChI is InChI=1S/C26H37N3O5/c1-6-24-8-7-10-29-11-9-25(20(24)29)17-12-15(2)19(34-5)13-18(17)28(4)21(25)26(33,22(24)31)23(32)27-14-16(3)30/h7-8,12-13,16,20-22,30-31,33H,6,9-11,14H2,1-5H3,(H,27,32)/t16?,20?,21?,22-,24-,25?,26+/m1/s1. The fourth-order valence-electron chi connectivity index (χ4n) is 7.82. The zero-order valence-corrected chi connectivity index (χ0v) is 20.7. The minimum Gasteiger partial charge on any atom is -0.496 e. The normalized spacial score (nSPS) is 38.8. The number of hydrogen-bond acceptors (Lipinski definition) is 7. The van der Waals surface area contributed by atoms with Crippen molar-refractivity contribution >= 4 is 11.6 Å². The number of fused-ring (bicyclic) bond motifs is 1. The maximum atomic E-state index is 13.7. The minimum absolute atomic E-state index is 0.00168. The second-order valence-electron chi connectivity index (χ2n) is 10.7. The topological polar surface area (TPSA) is 106 Å². The molecule has 34 heavy (non-hydrogen) atoms. The van der Waals surface area contributed by atoms with E-state index in [1.165, 1.54) is 0 Å². The minimum atomic E-state index is -2.09. The van der Waals surface area contributed by atoms with Gasteiger partial charge < -0.3 is 30.3 Å². The summed E-state index contributed by atoms with van der Waals surface area (Å²) in [4.78, 5) is 18.1. The molecule has 0 bridgehead atoms. The highest BCUT2D eigenvalue weighted by molar-refractivity contribution is 5.90. The van der Waals surface area contributed by atoms with Gasteiger partial charge in [-0.3, -0.25) is 9.69 Å². The second-order valence-corrected chi connectivity index (χ2v) is 10.7.